The van der Waals surface area contributed by atoms with Crippen molar-refractivity contribution in [2.75, 3.05) is 7.11 Å². The molecule has 4 heteroatoms. The highest BCUT2D eigenvalue weighted by atomic mass is 16.7. The van der Waals surface area contributed by atoms with Gasteiger partial charge in [-0.25, -0.2) is 0 Å². The monoisotopic (exact) mass is 342 g/mol. The number of fused-ring (bicyclic) bond motifs is 1. The van der Waals surface area contributed by atoms with Gasteiger partial charge in [-0.15, -0.1) is 0 Å². The van der Waals surface area contributed by atoms with E-state index < -0.39 is 0 Å². The van der Waals surface area contributed by atoms with Gasteiger partial charge in [0.2, 0.25) is 0 Å². The Morgan fingerprint density at radius 1 is 1.32 bits per heavy atom. The van der Waals surface area contributed by atoms with Crippen molar-refractivity contribution in [2.45, 2.75) is 71.1 Å². The number of hydrogen-bond acceptors (Lipinski definition) is 4. The first-order valence-corrected chi connectivity index (χ1v) is 9.34. The third-order valence-electron chi connectivity index (χ3n) is 6.03. The largest absolute Gasteiger partial charge is 0.496 e. The van der Waals surface area contributed by atoms with Gasteiger partial charge < -0.3 is 4.74 Å². The van der Waals surface area contributed by atoms with Crippen LogP contribution in [0.2, 0.25) is 0 Å². The van der Waals surface area contributed by atoms with Crippen LogP contribution < -0.4 is 4.74 Å². The fourth-order valence-electron chi connectivity index (χ4n) is 4.88. The minimum absolute atomic E-state index is 0.165. The molecule has 1 aliphatic carbocycles. The lowest BCUT2D eigenvalue weighted by molar-refractivity contribution is -0.215. The fourth-order valence-corrected chi connectivity index (χ4v) is 4.88. The molecule has 2 aliphatic rings. The van der Waals surface area contributed by atoms with Crippen LogP contribution in [0.4, 0.5) is 0 Å². The van der Waals surface area contributed by atoms with Gasteiger partial charge in [0.25, 0.3) is 0 Å². The first-order valence-electron chi connectivity index (χ1n) is 9.34. The zero-order valence-electron chi connectivity index (χ0n) is 16.2. The Hall–Kier alpha value is -1.57. The maximum Gasteiger partial charge on any atom is 0.122 e. The van der Waals surface area contributed by atoms with Gasteiger partial charge in [0, 0.05) is 18.0 Å². The number of hydroxylamine groups is 2. The lowest BCUT2D eigenvalue weighted by atomic mass is 9.65. The van der Waals surface area contributed by atoms with Crippen LogP contribution in [0.25, 0.3) is 0 Å². The molecule has 0 N–H and O–H groups in total. The molecule has 136 valence electrons. The van der Waals surface area contributed by atoms with Crippen molar-refractivity contribution < 1.29 is 9.57 Å². The molecule has 4 atom stereocenters. The van der Waals surface area contributed by atoms with Gasteiger partial charge in [-0.1, -0.05) is 6.92 Å². The van der Waals surface area contributed by atoms with Crippen LogP contribution in [-0.2, 0) is 4.84 Å². The van der Waals surface area contributed by atoms with Crippen LogP contribution in [0, 0.1) is 23.2 Å². The molecule has 0 radical (unpaired) electrons. The lowest BCUT2D eigenvalue weighted by Gasteiger charge is -2.41. The third kappa shape index (κ3) is 3.16. The number of ether oxygens (including phenoxy) is 1. The maximum atomic E-state index is 9.29. The van der Waals surface area contributed by atoms with Crippen molar-refractivity contribution in [2.24, 2.45) is 11.8 Å². The number of nitriles is 1. The standard InChI is InChI=1S/C21H30N2O2/c1-13(2)23-20-14(3)9-16(11-18(20)21(4,5)25-23)17-10-15(12-22)7-8-19(17)24-6/h7-8,10,13-14,16,18,20H,9,11H2,1-6H3/t14-,16+,18+,20+/m0/s1. The summed E-state index contributed by atoms with van der Waals surface area (Å²) in [6.07, 6.45) is 2.16. The van der Waals surface area contributed by atoms with Gasteiger partial charge in [0.1, 0.15) is 5.75 Å². The van der Waals surface area contributed by atoms with Gasteiger partial charge >= 0.3 is 0 Å². The van der Waals surface area contributed by atoms with Gasteiger partial charge in [0.05, 0.1) is 24.3 Å². The Morgan fingerprint density at radius 2 is 2.04 bits per heavy atom. The van der Waals surface area contributed by atoms with Crippen molar-refractivity contribution in [1.82, 2.24) is 5.06 Å². The van der Waals surface area contributed by atoms with Gasteiger partial charge in [-0.3, -0.25) is 4.84 Å². The number of hydrogen-bond donors (Lipinski definition) is 0. The molecule has 0 unspecified atom stereocenters. The molecule has 1 saturated heterocycles. The SMILES string of the molecule is COc1ccc(C#N)cc1[C@H]1C[C@@H]2[C@@H]([C@@H](C)C1)N(C(C)C)OC2(C)C. The van der Waals surface area contributed by atoms with Crippen molar-refractivity contribution in [3.63, 3.8) is 0 Å². The van der Waals surface area contributed by atoms with Gasteiger partial charge in [-0.2, -0.15) is 10.3 Å². The molecule has 0 bridgehead atoms. The summed E-state index contributed by atoms with van der Waals surface area (Å²) in [4.78, 5) is 6.36. The van der Waals surface area contributed by atoms with Crippen molar-refractivity contribution in [3.8, 4) is 11.8 Å². The molecule has 25 heavy (non-hydrogen) atoms. The smallest absolute Gasteiger partial charge is 0.122 e. The minimum Gasteiger partial charge on any atom is -0.496 e. The first-order chi connectivity index (χ1) is 11.8. The molecule has 4 nitrogen and oxygen atoms in total. The summed E-state index contributed by atoms with van der Waals surface area (Å²) in [5.41, 5.74) is 1.71. The van der Waals surface area contributed by atoms with E-state index >= 15 is 0 Å². The Morgan fingerprint density at radius 3 is 2.64 bits per heavy atom. The van der Waals surface area contributed by atoms with E-state index in [1.807, 2.05) is 18.2 Å². The highest BCUT2D eigenvalue weighted by molar-refractivity contribution is 5.44. The zero-order chi connectivity index (χ0) is 18.4. The van der Waals surface area contributed by atoms with Crippen LogP contribution in [0.5, 0.6) is 5.75 Å². The second kappa shape index (κ2) is 6.63. The summed E-state index contributed by atoms with van der Waals surface area (Å²) < 4.78 is 5.60. The minimum atomic E-state index is -0.165. The molecule has 0 amide bonds. The topological polar surface area (TPSA) is 45.5 Å². The zero-order valence-corrected chi connectivity index (χ0v) is 16.2. The summed E-state index contributed by atoms with van der Waals surface area (Å²) >= 11 is 0. The van der Waals surface area contributed by atoms with E-state index in [0.29, 0.717) is 35.4 Å². The fraction of sp³-hybridized carbons (Fsp3) is 0.667. The Kier molecular flexibility index (Phi) is 4.83. The van der Waals surface area contributed by atoms with Gasteiger partial charge in [0.15, 0.2) is 0 Å². The Balaban J connectivity index is 1.95. The number of benzene rings is 1. The second-order valence-electron chi connectivity index (χ2n) is 8.46. The molecule has 2 fully saturated rings. The predicted octanol–water partition coefficient (Wildman–Crippen LogP) is 4.50. The quantitative estimate of drug-likeness (QED) is 0.811. The summed E-state index contributed by atoms with van der Waals surface area (Å²) in [5.74, 6) is 2.30. The lowest BCUT2D eigenvalue weighted by Crippen LogP contribution is -2.45. The van der Waals surface area contributed by atoms with Crippen molar-refractivity contribution >= 4 is 0 Å². The summed E-state index contributed by atoms with van der Waals surface area (Å²) in [7, 11) is 1.71. The summed E-state index contributed by atoms with van der Waals surface area (Å²) in [6.45, 7) is 11.2. The summed E-state index contributed by atoms with van der Waals surface area (Å²) in [6, 6.07) is 8.88. The second-order valence-corrected chi connectivity index (χ2v) is 8.46. The molecular formula is C21H30N2O2. The maximum absolute atomic E-state index is 9.29. The van der Waals surface area contributed by atoms with Crippen molar-refractivity contribution in [3.05, 3.63) is 29.3 Å². The van der Waals surface area contributed by atoms with Crippen molar-refractivity contribution in [1.29, 1.82) is 5.26 Å². The summed E-state index contributed by atoms with van der Waals surface area (Å²) in [5, 5.41) is 11.5. The number of methoxy groups -OCH3 is 1. The molecule has 0 spiro atoms. The highest BCUT2D eigenvalue weighted by Gasteiger charge is 2.54. The molecule has 1 saturated carbocycles. The van der Waals surface area contributed by atoms with E-state index in [1.54, 1.807) is 7.11 Å². The van der Waals surface area contributed by atoms with Crippen LogP contribution in [0.3, 0.4) is 0 Å². The molecule has 0 aromatic heterocycles. The first kappa shape index (κ1) is 18.2. The number of nitrogens with zero attached hydrogens (tertiary/aromatic N) is 2. The van der Waals surface area contributed by atoms with Crippen LogP contribution in [0.1, 0.15) is 64.5 Å². The third-order valence-corrected chi connectivity index (χ3v) is 6.03. The van der Waals surface area contributed by atoms with E-state index in [0.717, 1.165) is 18.6 Å². The average molecular weight is 342 g/mol. The average Bonchev–Trinajstić information content (AvgIpc) is 2.86. The Labute approximate surface area is 151 Å². The van der Waals surface area contributed by atoms with Crippen LogP contribution in [0.15, 0.2) is 18.2 Å². The van der Waals surface area contributed by atoms with E-state index in [-0.39, 0.29) is 5.60 Å². The van der Waals surface area contributed by atoms with E-state index in [4.69, 9.17) is 9.57 Å². The van der Waals surface area contributed by atoms with Crippen LogP contribution >= 0.6 is 0 Å². The molecule has 1 aromatic rings. The normalized spacial score (nSPS) is 31.6. The Bertz CT molecular complexity index is 677. The highest BCUT2D eigenvalue weighted by Crippen LogP contribution is 2.52. The van der Waals surface area contributed by atoms with E-state index in [9.17, 15) is 5.26 Å². The van der Waals surface area contributed by atoms with E-state index in [1.165, 1.54) is 5.56 Å². The number of rotatable bonds is 3. The molecule has 3 rings (SSSR count). The van der Waals surface area contributed by atoms with Crippen LogP contribution in [-0.4, -0.2) is 29.9 Å². The predicted molar refractivity (Wildman–Crippen MR) is 98.3 cm³/mol. The molecular weight excluding hydrogens is 312 g/mol. The van der Waals surface area contributed by atoms with Gasteiger partial charge in [-0.05, 0) is 76.1 Å². The molecule has 1 aromatic carbocycles. The molecule has 1 heterocycles. The molecule has 1 aliphatic heterocycles. The van der Waals surface area contributed by atoms with E-state index in [2.05, 4.69) is 45.8 Å².